The second-order valence-corrected chi connectivity index (χ2v) is 9.47. The summed E-state index contributed by atoms with van der Waals surface area (Å²) in [4.78, 5) is 39.7. The minimum atomic E-state index is -0.804. The van der Waals surface area contributed by atoms with Gasteiger partial charge in [-0.3, -0.25) is 9.59 Å². The lowest BCUT2D eigenvalue weighted by molar-refractivity contribution is -0.140. The van der Waals surface area contributed by atoms with Crippen LogP contribution >= 0.6 is 0 Å². The van der Waals surface area contributed by atoms with Crippen LogP contribution in [0.1, 0.15) is 71.2 Å². The molecular weight excluding hydrogens is 382 g/mol. The number of ether oxygens (including phenoxy) is 1. The van der Waals surface area contributed by atoms with E-state index in [2.05, 4.69) is 10.6 Å². The van der Waals surface area contributed by atoms with Crippen LogP contribution in [0.4, 0.5) is 4.79 Å². The Morgan fingerprint density at radius 2 is 1.67 bits per heavy atom. The quantitative estimate of drug-likeness (QED) is 0.737. The lowest BCUT2D eigenvalue weighted by atomic mass is 9.94. The van der Waals surface area contributed by atoms with Gasteiger partial charge in [0.1, 0.15) is 18.2 Å². The van der Waals surface area contributed by atoms with Crippen molar-refractivity contribution in [2.24, 2.45) is 0 Å². The van der Waals surface area contributed by atoms with Crippen molar-refractivity contribution in [3.8, 4) is 0 Å². The first kappa shape index (κ1) is 25.5. The van der Waals surface area contributed by atoms with Gasteiger partial charge in [0.15, 0.2) is 0 Å². The van der Waals surface area contributed by atoms with Crippen LogP contribution in [0.15, 0.2) is 18.2 Å². The zero-order valence-electron chi connectivity index (χ0n) is 19.8. The summed E-state index contributed by atoms with van der Waals surface area (Å²) in [6.07, 6.45) is -0.672. The molecule has 1 aromatic rings. The summed E-state index contributed by atoms with van der Waals surface area (Å²) in [5.41, 5.74) is 1.65. The molecule has 2 N–H and O–H groups in total. The first-order chi connectivity index (χ1) is 13.7. The van der Waals surface area contributed by atoms with E-state index in [-0.39, 0.29) is 18.4 Å². The van der Waals surface area contributed by atoms with Crippen LogP contribution in [0.25, 0.3) is 0 Å². The zero-order chi connectivity index (χ0) is 23.3. The zero-order valence-corrected chi connectivity index (χ0v) is 19.8. The molecule has 3 amide bonds. The number of amides is 3. The van der Waals surface area contributed by atoms with Gasteiger partial charge in [0, 0.05) is 12.1 Å². The average Bonchev–Trinajstić information content (AvgIpc) is 2.57. The Morgan fingerprint density at radius 3 is 2.17 bits per heavy atom. The number of rotatable bonds is 6. The van der Waals surface area contributed by atoms with Crippen LogP contribution in [0.2, 0.25) is 0 Å². The fourth-order valence-corrected chi connectivity index (χ4v) is 3.03. The van der Waals surface area contributed by atoms with E-state index < -0.39 is 23.3 Å². The van der Waals surface area contributed by atoms with Crippen LogP contribution in [0.5, 0.6) is 0 Å². The molecule has 0 fully saturated rings. The Morgan fingerprint density at radius 1 is 1.07 bits per heavy atom. The Labute approximate surface area is 180 Å². The monoisotopic (exact) mass is 419 g/mol. The molecule has 7 nitrogen and oxygen atoms in total. The van der Waals surface area contributed by atoms with Crippen LogP contribution in [0, 0.1) is 13.8 Å². The van der Waals surface area contributed by atoms with E-state index in [1.807, 2.05) is 59.7 Å². The minimum absolute atomic E-state index is 0.257. The van der Waals surface area contributed by atoms with Gasteiger partial charge in [-0.25, -0.2) is 4.79 Å². The molecule has 0 aliphatic rings. The molecule has 0 aliphatic carbocycles. The fourth-order valence-electron chi connectivity index (χ4n) is 3.03. The maximum atomic E-state index is 13.2. The predicted octanol–water partition coefficient (Wildman–Crippen LogP) is 3.63. The number of alkyl carbamates (subject to hydrolysis) is 1. The van der Waals surface area contributed by atoms with E-state index in [1.165, 1.54) is 4.90 Å². The van der Waals surface area contributed by atoms with Crippen LogP contribution in [0.3, 0.4) is 0 Å². The summed E-state index contributed by atoms with van der Waals surface area (Å²) < 4.78 is 5.19. The predicted molar refractivity (Wildman–Crippen MR) is 118 cm³/mol. The molecule has 7 heteroatoms. The number of hydrogen-bond donors (Lipinski definition) is 2. The molecule has 0 radical (unpaired) electrons. The number of benzene rings is 1. The standard InChI is InChI=1S/C23H37N3O4/c1-10-26(18(27)14-24-21(29)30-23(7,8)9)19(20(28)25-22(4,5)6)17-13-11-12-15(2)16(17)3/h11-13,19H,10,14H2,1-9H3,(H,24,29)(H,25,28). The molecule has 1 atom stereocenters. The summed E-state index contributed by atoms with van der Waals surface area (Å²) in [7, 11) is 0. The van der Waals surface area contributed by atoms with Gasteiger partial charge in [-0.15, -0.1) is 0 Å². The molecular formula is C23H37N3O4. The molecule has 0 spiro atoms. The van der Waals surface area contributed by atoms with Crippen LogP contribution < -0.4 is 10.6 Å². The molecule has 0 saturated carbocycles. The van der Waals surface area contributed by atoms with Gasteiger partial charge in [-0.1, -0.05) is 18.2 Å². The van der Waals surface area contributed by atoms with E-state index in [0.717, 1.165) is 16.7 Å². The number of hydrogen-bond acceptors (Lipinski definition) is 4. The van der Waals surface area contributed by atoms with Gasteiger partial charge in [-0.2, -0.15) is 0 Å². The summed E-state index contributed by atoms with van der Waals surface area (Å²) in [6, 6.07) is 4.92. The van der Waals surface area contributed by atoms with Crippen molar-refractivity contribution in [1.29, 1.82) is 0 Å². The van der Waals surface area contributed by atoms with Gasteiger partial charge < -0.3 is 20.3 Å². The fraction of sp³-hybridized carbons (Fsp3) is 0.609. The molecule has 30 heavy (non-hydrogen) atoms. The largest absolute Gasteiger partial charge is 0.444 e. The SMILES string of the molecule is CCN(C(=O)CNC(=O)OC(C)(C)C)C(C(=O)NC(C)(C)C)c1cccc(C)c1C. The third kappa shape index (κ3) is 7.69. The first-order valence-corrected chi connectivity index (χ1v) is 10.3. The van der Waals surface area contributed by atoms with E-state index in [4.69, 9.17) is 4.74 Å². The van der Waals surface area contributed by atoms with E-state index in [1.54, 1.807) is 20.8 Å². The molecule has 0 aromatic heterocycles. The Hall–Kier alpha value is -2.57. The smallest absolute Gasteiger partial charge is 0.408 e. The van der Waals surface area contributed by atoms with Crippen LogP contribution in [-0.2, 0) is 14.3 Å². The molecule has 1 rings (SSSR count). The molecule has 1 unspecified atom stereocenters. The molecule has 0 heterocycles. The first-order valence-electron chi connectivity index (χ1n) is 10.3. The van der Waals surface area contributed by atoms with Gasteiger partial charge in [-0.05, 0) is 79.0 Å². The normalized spacial score (nSPS) is 12.7. The maximum absolute atomic E-state index is 13.2. The van der Waals surface area contributed by atoms with Crippen molar-refractivity contribution in [2.75, 3.05) is 13.1 Å². The third-order valence-electron chi connectivity index (χ3n) is 4.44. The maximum Gasteiger partial charge on any atom is 0.408 e. The van der Waals surface area contributed by atoms with E-state index >= 15 is 0 Å². The lowest BCUT2D eigenvalue weighted by Crippen LogP contribution is -2.51. The minimum Gasteiger partial charge on any atom is -0.444 e. The van der Waals surface area contributed by atoms with Crippen molar-refractivity contribution in [3.63, 3.8) is 0 Å². The van der Waals surface area contributed by atoms with Gasteiger partial charge in [0.05, 0.1) is 0 Å². The highest BCUT2D eigenvalue weighted by molar-refractivity contribution is 5.91. The van der Waals surface area contributed by atoms with E-state index in [9.17, 15) is 14.4 Å². The summed E-state index contributed by atoms with van der Waals surface area (Å²) in [6.45, 7) is 16.7. The number of nitrogens with one attached hydrogen (secondary N) is 2. The average molecular weight is 420 g/mol. The van der Waals surface area contributed by atoms with Gasteiger partial charge in [0.2, 0.25) is 11.8 Å². The van der Waals surface area contributed by atoms with Crippen molar-refractivity contribution < 1.29 is 19.1 Å². The second kappa shape index (κ2) is 9.96. The van der Waals surface area contributed by atoms with Gasteiger partial charge in [0.25, 0.3) is 0 Å². The highest BCUT2D eigenvalue weighted by atomic mass is 16.6. The summed E-state index contributed by atoms with van der Waals surface area (Å²) in [5.74, 6) is -0.623. The number of carbonyl (C=O) groups excluding carboxylic acids is 3. The topological polar surface area (TPSA) is 87.7 Å². The molecule has 1 aromatic carbocycles. The van der Waals surface area contributed by atoms with E-state index in [0.29, 0.717) is 6.54 Å². The molecule has 0 aliphatic heterocycles. The number of aryl methyl sites for hydroxylation is 1. The summed E-state index contributed by atoms with van der Waals surface area (Å²) >= 11 is 0. The van der Waals surface area contributed by atoms with Crippen molar-refractivity contribution in [2.45, 2.75) is 79.5 Å². The Kier molecular flexibility index (Phi) is 8.45. The molecule has 0 bridgehead atoms. The molecule has 0 saturated heterocycles. The number of likely N-dealkylation sites (N-methyl/N-ethyl adjacent to an activating group) is 1. The lowest BCUT2D eigenvalue weighted by Gasteiger charge is -2.34. The second-order valence-electron chi connectivity index (χ2n) is 9.47. The highest BCUT2D eigenvalue weighted by Crippen LogP contribution is 2.27. The van der Waals surface area contributed by atoms with Crippen LogP contribution in [-0.4, -0.2) is 47.0 Å². The third-order valence-corrected chi connectivity index (χ3v) is 4.44. The molecule has 168 valence electrons. The summed E-state index contributed by atoms with van der Waals surface area (Å²) in [5, 5.41) is 5.47. The van der Waals surface area contributed by atoms with Crippen molar-refractivity contribution in [3.05, 3.63) is 34.9 Å². The number of nitrogens with zero attached hydrogens (tertiary/aromatic N) is 1. The number of carbonyl (C=O) groups is 3. The van der Waals surface area contributed by atoms with Gasteiger partial charge >= 0.3 is 6.09 Å². The Balaban J connectivity index is 3.19. The van der Waals surface area contributed by atoms with Crippen molar-refractivity contribution in [1.82, 2.24) is 15.5 Å². The van der Waals surface area contributed by atoms with Crippen molar-refractivity contribution >= 4 is 17.9 Å². The Bertz CT molecular complexity index is 776. The highest BCUT2D eigenvalue weighted by Gasteiger charge is 2.33.